The summed E-state index contributed by atoms with van der Waals surface area (Å²) in [5.41, 5.74) is 2.05. The Balaban J connectivity index is 1.31. The van der Waals surface area contributed by atoms with Gasteiger partial charge < -0.3 is 14.0 Å². The van der Waals surface area contributed by atoms with Crippen molar-refractivity contribution in [2.24, 2.45) is 4.99 Å². The fraction of sp³-hybridized carbons (Fsp3) is 0.474. The van der Waals surface area contributed by atoms with E-state index in [0.717, 1.165) is 73.9 Å². The van der Waals surface area contributed by atoms with Gasteiger partial charge in [0.05, 0.1) is 18.8 Å². The van der Waals surface area contributed by atoms with Gasteiger partial charge in [0, 0.05) is 18.1 Å². The summed E-state index contributed by atoms with van der Waals surface area (Å²) in [6.45, 7) is 4.25. The Kier molecular flexibility index (Phi) is 5.88. The Morgan fingerprint density at radius 1 is 1.12 bits per heavy atom. The highest BCUT2D eigenvalue weighted by Crippen LogP contribution is 2.16. The van der Waals surface area contributed by atoms with Crippen LogP contribution in [0.1, 0.15) is 43.2 Å². The molecule has 2 heterocycles. The third-order valence-electron chi connectivity index (χ3n) is 3.99. The summed E-state index contributed by atoms with van der Waals surface area (Å²) >= 11 is 0. The zero-order valence-electron chi connectivity index (χ0n) is 14.2. The fourth-order valence-electron chi connectivity index (χ4n) is 2.61. The maximum absolute atomic E-state index is 5.78. The Hall–Kier alpha value is -2.30. The van der Waals surface area contributed by atoms with E-state index in [1.54, 1.807) is 0 Å². The Morgan fingerprint density at radius 2 is 2.00 bits per heavy atom. The van der Waals surface area contributed by atoms with Crippen LogP contribution in [0.4, 0.5) is 0 Å². The maximum Gasteiger partial charge on any atom is 0.216 e. The average Bonchev–Trinajstić information content (AvgIpc) is 3.30. The van der Waals surface area contributed by atoms with Gasteiger partial charge in [-0.15, -0.1) is 0 Å². The van der Waals surface area contributed by atoms with Gasteiger partial charge in [0.25, 0.3) is 0 Å². The lowest BCUT2D eigenvalue weighted by molar-refractivity contribution is 0.303. The van der Waals surface area contributed by atoms with Crippen molar-refractivity contribution in [1.82, 2.24) is 5.16 Å². The van der Waals surface area contributed by atoms with E-state index in [1.807, 2.05) is 24.3 Å². The van der Waals surface area contributed by atoms with Gasteiger partial charge in [-0.1, -0.05) is 12.1 Å². The van der Waals surface area contributed by atoms with Crippen molar-refractivity contribution >= 4 is 5.90 Å². The number of aryl methyl sites for hydroxylation is 2. The topological polar surface area (TPSA) is 56.9 Å². The molecule has 0 N–H and O–H groups in total. The minimum atomic E-state index is 0.682. The molecule has 128 valence electrons. The van der Waals surface area contributed by atoms with Crippen molar-refractivity contribution in [3.8, 4) is 5.75 Å². The van der Waals surface area contributed by atoms with Crippen LogP contribution in [0.25, 0.3) is 0 Å². The monoisotopic (exact) mass is 328 g/mol. The van der Waals surface area contributed by atoms with E-state index in [1.165, 1.54) is 0 Å². The molecular weight excluding hydrogens is 304 g/mol. The van der Waals surface area contributed by atoms with Crippen molar-refractivity contribution < 1.29 is 14.0 Å². The van der Waals surface area contributed by atoms with Crippen molar-refractivity contribution in [1.29, 1.82) is 0 Å². The summed E-state index contributed by atoms with van der Waals surface area (Å²) in [6.07, 6.45) is 5.12. The van der Waals surface area contributed by atoms with Crippen LogP contribution >= 0.6 is 0 Å². The predicted molar refractivity (Wildman–Crippen MR) is 92.7 cm³/mol. The Morgan fingerprint density at radius 3 is 2.71 bits per heavy atom. The quantitative estimate of drug-likeness (QED) is 0.657. The maximum atomic E-state index is 5.78. The lowest BCUT2D eigenvalue weighted by Crippen LogP contribution is -2.01. The third kappa shape index (κ3) is 4.60. The average molecular weight is 328 g/mol. The zero-order valence-corrected chi connectivity index (χ0v) is 14.2. The van der Waals surface area contributed by atoms with Crippen LogP contribution < -0.4 is 4.74 Å². The molecule has 1 aromatic heterocycles. The summed E-state index contributed by atoms with van der Waals surface area (Å²) in [4.78, 5) is 4.30. The second-order valence-electron chi connectivity index (χ2n) is 5.86. The van der Waals surface area contributed by atoms with Gasteiger partial charge in [-0.25, -0.2) is 4.99 Å². The van der Waals surface area contributed by atoms with Crippen LogP contribution in [0.15, 0.2) is 39.8 Å². The first-order valence-corrected chi connectivity index (χ1v) is 8.70. The second kappa shape index (κ2) is 8.52. The molecule has 0 atom stereocenters. The summed E-state index contributed by atoms with van der Waals surface area (Å²) in [5, 5.41) is 4.01. The van der Waals surface area contributed by atoms with E-state index in [2.05, 4.69) is 23.1 Å². The van der Waals surface area contributed by atoms with Gasteiger partial charge in [0.1, 0.15) is 18.1 Å². The number of aliphatic imine (C=N–C) groups is 1. The molecule has 0 saturated heterocycles. The molecule has 0 amide bonds. The lowest BCUT2D eigenvalue weighted by Gasteiger charge is -2.07. The van der Waals surface area contributed by atoms with Gasteiger partial charge in [-0.05, 0) is 49.9 Å². The smallest absolute Gasteiger partial charge is 0.216 e. The first-order chi connectivity index (χ1) is 11.8. The predicted octanol–water partition coefficient (Wildman–Crippen LogP) is 3.81. The van der Waals surface area contributed by atoms with Crippen molar-refractivity contribution in [2.75, 3.05) is 19.8 Å². The molecule has 0 fully saturated rings. The minimum absolute atomic E-state index is 0.682. The summed E-state index contributed by atoms with van der Waals surface area (Å²) < 4.78 is 16.5. The first-order valence-electron chi connectivity index (χ1n) is 8.70. The summed E-state index contributed by atoms with van der Waals surface area (Å²) in [6, 6.07) is 9.99. The van der Waals surface area contributed by atoms with Gasteiger partial charge in [-0.3, -0.25) is 0 Å². The molecule has 1 aliphatic heterocycles. The van der Waals surface area contributed by atoms with E-state index >= 15 is 0 Å². The SMILES string of the molecule is CCc1cc(CCCCCOc2ccc(C3=NCCO3)cc2)on1. The summed E-state index contributed by atoms with van der Waals surface area (Å²) in [5.74, 6) is 2.61. The van der Waals surface area contributed by atoms with Crippen LogP contribution in [-0.2, 0) is 17.6 Å². The molecule has 2 aromatic rings. The Labute approximate surface area is 142 Å². The van der Waals surface area contributed by atoms with Crippen LogP contribution in [0, 0.1) is 0 Å². The third-order valence-corrected chi connectivity index (χ3v) is 3.99. The van der Waals surface area contributed by atoms with E-state index in [4.69, 9.17) is 14.0 Å². The molecule has 1 aromatic carbocycles. The molecular formula is C19H24N2O3. The molecule has 0 unspecified atom stereocenters. The van der Waals surface area contributed by atoms with E-state index in [0.29, 0.717) is 6.61 Å². The number of benzene rings is 1. The standard InChI is InChI=1S/C19H24N2O3/c1-2-16-14-18(24-21-16)6-4-3-5-12-22-17-9-7-15(8-10-17)19-20-11-13-23-19/h7-10,14H,2-6,11-13H2,1H3. The van der Waals surface area contributed by atoms with E-state index < -0.39 is 0 Å². The van der Waals surface area contributed by atoms with Crippen molar-refractivity contribution in [3.63, 3.8) is 0 Å². The number of rotatable bonds is 9. The highest BCUT2D eigenvalue weighted by molar-refractivity contribution is 5.94. The highest BCUT2D eigenvalue weighted by Gasteiger charge is 2.09. The number of nitrogens with zero attached hydrogens (tertiary/aromatic N) is 2. The lowest BCUT2D eigenvalue weighted by atomic mass is 10.1. The molecule has 0 saturated carbocycles. The molecule has 24 heavy (non-hydrogen) atoms. The highest BCUT2D eigenvalue weighted by atomic mass is 16.5. The number of hydrogen-bond acceptors (Lipinski definition) is 5. The van der Waals surface area contributed by atoms with Crippen molar-refractivity contribution in [3.05, 3.63) is 47.3 Å². The number of aromatic nitrogens is 1. The number of unbranched alkanes of at least 4 members (excludes halogenated alkanes) is 2. The first kappa shape index (κ1) is 16.6. The van der Waals surface area contributed by atoms with E-state index in [-0.39, 0.29) is 0 Å². The molecule has 0 aliphatic carbocycles. The molecule has 0 bridgehead atoms. The fourth-order valence-corrected chi connectivity index (χ4v) is 2.61. The van der Waals surface area contributed by atoms with Gasteiger partial charge in [-0.2, -0.15) is 0 Å². The molecule has 3 rings (SSSR count). The number of ether oxygens (including phenoxy) is 2. The summed E-state index contributed by atoms with van der Waals surface area (Å²) in [7, 11) is 0. The zero-order chi connectivity index (χ0) is 16.6. The largest absolute Gasteiger partial charge is 0.494 e. The Bertz CT molecular complexity index is 662. The van der Waals surface area contributed by atoms with Crippen LogP contribution in [-0.4, -0.2) is 30.8 Å². The van der Waals surface area contributed by atoms with Crippen molar-refractivity contribution in [2.45, 2.75) is 39.0 Å². The molecule has 1 aliphatic rings. The number of hydrogen-bond donors (Lipinski definition) is 0. The molecule has 5 nitrogen and oxygen atoms in total. The van der Waals surface area contributed by atoms with Crippen LogP contribution in [0.3, 0.4) is 0 Å². The normalized spacial score (nSPS) is 13.6. The van der Waals surface area contributed by atoms with Crippen LogP contribution in [0.5, 0.6) is 5.75 Å². The molecule has 5 heteroatoms. The minimum Gasteiger partial charge on any atom is -0.494 e. The van der Waals surface area contributed by atoms with E-state index in [9.17, 15) is 0 Å². The molecule has 0 radical (unpaired) electrons. The van der Waals surface area contributed by atoms with Gasteiger partial charge in [0.15, 0.2) is 0 Å². The van der Waals surface area contributed by atoms with Crippen LogP contribution in [0.2, 0.25) is 0 Å². The van der Waals surface area contributed by atoms with Gasteiger partial charge in [0.2, 0.25) is 5.90 Å². The second-order valence-corrected chi connectivity index (χ2v) is 5.86. The molecule has 0 spiro atoms. The van der Waals surface area contributed by atoms with Gasteiger partial charge >= 0.3 is 0 Å².